The van der Waals surface area contributed by atoms with E-state index in [2.05, 4.69) is 44.3 Å². The molecule has 1 rings (SSSR count). The molecule has 0 saturated carbocycles. The largest absolute Gasteiger partial charge is 0.350 e. The Morgan fingerprint density at radius 1 is 1.24 bits per heavy atom. The van der Waals surface area contributed by atoms with Crippen LogP contribution < -0.4 is 11.1 Å². The molecule has 2 atom stereocenters. The number of benzene rings is 1. The summed E-state index contributed by atoms with van der Waals surface area (Å²) >= 11 is 0. The summed E-state index contributed by atoms with van der Waals surface area (Å²) in [6.45, 7) is 9.20. The van der Waals surface area contributed by atoms with E-state index in [9.17, 15) is 4.79 Å². The zero-order valence-corrected chi connectivity index (χ0v) is 13.9. The Kier molecular flexibility index (Phi) is 7.44. The van der Waals surface area contributed by atoms with Crippen LogP contribution in [0.5, 0.6) is 0 Å². The maximum atomic E-state index is 12.1. The third kappa shape index (κ3) is 6.30. The first-order valence-corrected chi connectivity index (χ1v) is 8.00. The van der Waals surface area contributed by atoms with Crippen LogP contribution in [-0.4, -0.2) is 12.5 Å². The standard InChI is InChI=1S/C18H30N2O/c1-13(2)16(10-11-19)8-9-18(21)20-15(4)17-7-5-6-14(3)12-17/h5-7,12-13,15-16H,8-11,19H2,1-4H3,(H,20,21)/t15-,16?/m1/s1. The third-order valence-corrected chi connectivity index (χ3v) is 4.14. The van der Waals surface area contributed by atoms with E-state index in [4.69, 9.17) is 5.73 Å². The van der Waals surface area contributed by atoms with Crippen molar-refractivity contribution in [1.82, 2.24) is 5.32 Å². The molecular weight excluding hydrogens is 260 g/mol. The molecule has 3 N–H and O–H groups in total. The minimum atomic E-state index is 0.0596. The highest BCUT2D eigenvalue weighted by molar-refractivity contribution is 5.76. The first kappa shape index (κ1) is 17.7. The zero-order chi connectivity index (χ0) is 15.8. The highest BCUT2D eigenvalue weighted by atomic mass is 16.1. The fourth-order valence-electron chi connectivity index (χ4n) is 2.68. The SMILES string of the molecule is Cc1cccc([C@@H](C)NC(=O)CCC(CCN)C(C)C)c1. The maximum Gasteiger partial charge on any atom is 0.220 e. The normalized spacial score (nSPS) is 14.0. The fourth-order valence-corrected chi connectivity index (χ4v) is 2.68. The molecule has 118 valence electrons. The summed E-state index contributed by atoms with van der Waals surface area (Å²) in [4.78, 5) is 12.1. The van der Waals surface area contributed by atoms with Gasteiger partial charge in [-0.15, -0.1) is 0 Å². The average Bonchev–Trinajstić information content (AvgIpc) is 2.43. The van der Waals surface area contributed by atoms with Crippen LogP contribution in [-0.2, 0) is 4.79 Å². The molecule has 0 spiro atoms. The number of hydrogen-bond acceptors (Lipinski definition) is 2. The van der Waals surface area contributed by atoms with E-state index in [0.717, 1.165) is 18.4 Å². The van der Waals surface area contributed by atoms with Crippen LogP contribution in [0.1, 0.15) is 57.2 Å². The maximum absolute atomic E-state index is 12.1. The first-order valence-electron chi connectivity index (χ1n) is 8.00. The lowest BCUT2D eigenvalue weighted by molar-refractivity contribution is -0.122. The van der Waals surface area contributed by atoms with Crippen molar-refractivity contribution < 1.29 is 4.79 Å². The summed E-state index contributed by atoms with van der Waals surface area (Å²) < 4.78 is 0. The number of rotatable bonds is 8. The summed E-state index contributed by atoms with van der Waals surface area (Å²) in [5.41, 5.74) is 8.02. The highest BCUT2D eigenvalue weighted by Crippen LogP contribution is 2.21. The van der Waals surface area contributed by atoms with Crippen molar-refractivity contribution in [3.63, 3.8) is 0 Å². The van der Waals surface area contributed by atoms with Crippen molar-refractivity contribution in [2.24, 2.45) is 17.6 Å². The van der Waals surface area contributed by atoms with Gasteiger partial charge in [0.2, 0.25) is 5.91 Å². The molecule has 0 heterocycles. The lowest BCUT2D eigenvalue weighted by Crippen LogP contribution is -2.27. The van der Waals surface area contributed by atoms with E-state index in [1.807, 2.05) is 13.0 Å². The van der Waals surface area contributed by atoms with Gasteiger partial charge in [0, 0.05) is 6.42 Å². The minimum absolute atomic E-state index is 0.0596. The zero-order valence-electron chi connectivity index (χ0n) is 13.9. The second-order valence-electron chi connectivity index (χ2n) is 6.32. The molecule has 1 unspecified atom stereocenters. The predicted molar refractivity (Wildman–Crippen MR) is 89.0 cm³/mol. The molecule has 1 amide bonds. The van der Waals surface area contributed by atoms with Crippen LogP contribution in [0.25, 0.3) is 0 Å². The molecule has 0 bridgehead atoms. The molecular formula is C18H30N2O. The van der Waals surface area contributed by atoms with Crippen LogP contribution >= 0.6 is 0 Å². The van der Waals surface area contributed by atoms with Crippen LogP contribution in [0.3, 0.4) is 0 Å². The van der Waals surface area contributed by atoms with E-state index in [1.165, 1.54) is 5.56 Å². The molecule has 0 saturated heterocycles. The van der Waals surface area contributed by atoms with E-state index >= 15 is 0 Å². The second kappa shape index (κ2) is 8.83. The second-order valence-corrected chi connectivity index (χ2v) is 6.32. The summed E-state index contributed by atoms with van der Waals surface area (Å²) in [5.74, 6) is 1.25. The predicted octanol–water partition coefficient (Wildman–Crippen LogP) is 3.57. The molecule has 0 aromatic heterocycles. The molecule has 3 nitrogen and oxygen atoms in total. The van der Waals surface area contributed by atoms with Gasteiger partial charge in [0.15, 0.2) is 0 Å². The van der Waals surface area contributed by atoms with Gasteiger partial charge in [-0.2, -0.15) is 0 Å². The minimum Gasteiger partial charge on any atom is -0.350 e. The molecule has 0 aliphatic heterocycles. The van der Waals surface area contributed by atoms with Gasteiger partial charge >= 0.3 is 0 Å². The molecule has 3 heteroatoms. The highest BCUT2D eigenvalue weighted by Gasteiger charge is 2.15. The van der Waals surface area contributed by atoms with Gasteiger partial charge in [-0.1, -0.05) is 43.7 Å². The fraction of sp³-hybridized carbons (Fsp3) is 0.611. The van der Waals surface area contributed by atoms with Gasteiger partial charge in [-0.25, -0.2) is 0 Å². The van der Waals surface area contributed by atoms with E-state index in [1.54, 1.807) is 0 Å². The topological polar surface area (TPSA) is 55.1 Å². The van der Waals surface area contributed by atoms with Gasteiger partial charge in [-0.05, 0) is 50.6 Å². The van der Waals surface area contributed by atoms with Gasteiger partial charge in [-0.3, -0.25) is 4.79 Å². The average molecular weight is 290 g/mol. The van der Waals surface area contributed by atoms with Crippen molar-refractivity contribution in [2.75, 3.05) is 6.54 Å². The molecule has 1 aromatic rings. The Balaban J connectivity index is 2.46. The summed E-state index contributed by atoms with van der Waals surface area (Å²) in [5, 5.41) is 3.09. The number of amides is 1. The van der Waals surface area contributed by atoms with E-state index in [0.29, 0.717) is 24.8 Å². The molecule has 0 aliphatic rings. The van der Waals surface area contributed by atoms with Crippen LogP contribution in [0, 0.1) is 18.8 Å². The van der Waals surface area contributed by atoms with Crippen LogP contribution in [0.2, 0.25) is 0 Å². The molecule has 0 aliphatic carbocycles. The lowest BCUT2D eigenvalue weighted by atomic mass is 9.88. The van der Waals surface area contributed by atoms with Crippen LogP contribution in [0.4, 0.5) is 0 Å². The van der Waals surface area contributed by atoms with E-state index in [-0.39, 0.29) is 11.9 Å². The van der Waals surface area contributed by atoms with Crippen molar-refractivity contribution in [1.29, 1.82) is 0 Å². The van der Waals surface area contributed by atoms with Gasteiger partial charge in [0.1, 0.15) is 0 Å². The van der Waals surface area contributed by atoms with Crippen molar-refractivity contribution in [3.8, 4) is 0 Å². The molecule has 21 heavy (non-hydrogen) atoms. The number of carbonyl (C=O) groups excluding carboxylic acids is 1. The van der Waals surface area contributed by atoms with E-state index < -0.39 is 0 Å². The third-order valence-electron chi connectivity index (χ3n) is 4.14. The summed E-state index contributed by atoms with van der Waals surface area (Å²) in [6.07, 6.45) is 2.50. The molecule has 0 radical (unpaired) electrons. The number of nitrogens with one attached hydrogen (secondary N) is 1. The van der Waals surface area contributed by atoms with Gasteiger partial charge < -0.3 is 11.1 Å². The number of hydrogen-bond donors (Lipinski definition) is 2. The Bertz CT molecular complexity index is 443. The Labute approximate surface area is 129 Å². The van der Waals surface area contributed by atoms with Crippen molar-refractivity contribution >= 4 is 5.91 Å². The van der Waals surface area contributed by atoms with Crippen LogP contribution in [0.15, 0.2) is 24.3 Å². The summed E-state index contributed by atoms with van der Waals surface area (Å²) in [7, 11) is 0. The lowest BCUT2D eigenvalue weighted by Gasteiger charge is -2.20. The number of aryl methyl sites for hydroxylation is 1. The Morgan fingerprint density at radius 3 is 2.52 bits per heavy atom. The van der Waals surface area contributed by atoms with Gasteiger partial charge in [0.05, 0.1) is 6.04 Å². The smallest absolute Gasteiger partial charge is 0.220 e. The molecule has 1 aromatic carbocycles. The van der Waals surface area contributed by atoms with Crippen molar-refractivity contribution in [2.45, 2.75) is 53.0 Å². The number of nitrogens with two attached hydrogens (primary N) is 1. The monoisotopic (exact) mass is 290 g/mol. The van der Waals surface area contributed by atoms with Gasteiger partial charge in [0.25, 0.3) is 0 Å². The number of carbonyl (C=O) groups is 1. The Hall–Kier alpha value is -1.35. The first-order chi connectivity index (χ1) is 9.93. The quantitative estimate of drug-likeness (QED) is 0.769. The molecule has 0 fully saturated rings. The summed E-state index contributed by atoms with van der Waals surface area (Å²) in [6, 6.07) is 8.34. The Morgan fingerprint density at radius 2 is 1.95 bits per heavy atom. The van der Waals surface area contributed by atoms with Crippen molar-refractivity contribution in [3.05, 3.63) is 35.4 Å².